The third kappa shape index (κ3) is 7.11. The molecule has 0 spiro atoms. The number of nitrogens with zero attached hydrogens (tertiary/aromatic N) is 2. The molecule has 2 aliphatic rings. The molecule has 6 nitrogen and oxygen atoms in total. The van der Waals surface area contributed by atoms with E-state index in [4.69, 9.17) is 4.74 Å². The van der Waals surface area contributed by atoms with Crippen LogP contribution in [-0.2, 0) is 16.1 Å². The highest BCUT2D eigenvalue weighted by Gasteiger charge is 2.22. The molecule has 1 amide bonds. The summed E-state index contributed by atoms with van der Waals surface area (Å²) in [7, 11) is 0. The molecule has 1 aromatic rings. The Morgan fingerprint density at radius 1 is 1.41 bits per heavy atom. The van der Waals surface area contributed by atoms with Gasteiger partial charge in [0.25, 0.3) is 0 Å². The van der Waals surface area contributed by atoms with Gasteiger partial charge in [-0.2, -0.15) is 0 Å². The summed E-state index contributed by atoms with van der Waals surface area (Å²) >= 11 is 0. The van der Waals surface area contributed by atoms with E-state index < -0.39 is 0 Å². The lowest BCUT2D eigenvalue weighted by Gasteiger charge is -2.29. The van der Waals surface area contributed by atoms with Crippen molar-refractivity contribution in [3.8, 4) is 0 Å². The minimum atomic E-state index is 0. The number of morpholine rings is 1. The van der Waals surface area contributed by atoms with Crippen molar-refractivity contribution in [2.45, 2.75) is 32.7 Å². The zero-order valence-electron chi connectivity index (χ0n) is 16.0. The molecule has 3 rings (SSSR count). The largest absolute Gasteiger partial charge is 0.378 e. The van der Waals surface area contributed by atoms with Gasteiger partial charge in [0, 0.05) is 37.8 Å². The molecule has 0 bridgehead atoms. The van der Waals surface area contributed by atoms with Crippen molar-refractivity contribution < 1.29 is 9.53 Å². The molecule has 2 saturated heterocycles. The van der Waals surface area contributed by atoms with Crippen molar-refractivity contribution in [3.63, 3.8) is 0 Å². The molecule has 0 aromatic carbocycles. The number of carbonyl (C=O) groups is 1. The quantitative estimate of drug-likeness (QED) is 0.742. The van der Waals surface area contributed by atoms with Gasteiger partial charge in [-0.25, -0.2) is 4.98 Å². The monoisotopic (exact) mass is 418 g/mol. The van der Waals surface area contributed by atoms with E-state index in [1.54, 1.807) is 0 Å². The standard InChI is InChI=1S/C19H30N4O2.2ClH/c1-15(16-4-2-6-20-13-16)12-18(24)22-14-17-5-3-7-21-19(17)23-8-10-25-11-9-23;;/h3,5,7,15-16,20H,2,4,6,8-14H2,1H3,(H,22,24);2*1H. The van der Waals surface area contributed by atoms with Gasteiger partial charge in [-0.15, -0.1) is 24.8 Å². The number of piperidine rings is 1. The average molecular weight is 419 g/mol. The van der Waals surface area contributed by atoms with Gasteiger partial charge in [-0.05, 0) is 43.8 Å². The number of nitrogens with one attached hydrogen (secondary N) is 2. The number of anilines is 1. The maximum atomic E-state index is 12.4. The summed E-state index contributed by atoms with van der Waals surface area (Å²) in [6, 6.07) is 3.98. The van der Waals surface area contributed by atoms with Crippen LogP contribution in [0.4, 0.5) is 5.82 Å². The molecule has 0 radical (unpaired) electrons. The van der Waals surface area contributed by atoms with Gasteiger partial charge in [-0.1, -0.05) is 13.0 Å². The molecular formula is C19H32Cl2N4O2. The van der Waals surface area contributed by atoms with E-state index in [0.717, 1.165) is 50.8 Å². The fourth-order valence-corrected chi connectivity index (χ4v) is 3.72. The number of pyridine rings is 1. The van der Waals surface area contributed by atoms with Gasteiger partial charge in [-0.3, -0.25) is 4.79 Å². The molecule has 1 aromatic heterocycles. The first kappa shape index (κ1) is 24.0. The van der Waals surface area contributed by atoms with Crippen molar-refractivity contribution in [2.24, 2.45) is 11.8 Å². The molecule has 2 aliphatic heterocycles. The van der Waals surface area contributed by atoms with Crippen LogP contribution < -0.4 is 15.5 Å². The summed E-state index contributed by atoms with van der Waals surface area (Å²) < 4.78 is 5.42. The third-order valence-corrected chi connectivity index (χ3v) is 5.30. The lowest BCUT2D eigenvalue weighted by atomic mass is 9.85. The molecule has 27 heavy (non-hydrogen) atoms. The average Bonchev–Trinajstić information content (AvgIpc) is 2.68. The molecule has 2 unspecified atom stereocenters. The molecule has 3 heterocycles. The van der Waals surface area contributed by atoms with E-state index in [0.29, 0.717) is 24.8 Å². The lowest BCUT2D eigenvalue weighted by molar-refractivity contribution is -0.122. The van der Waals surface area contributed by atoms with Gasteiger partial charge in [0.1, 0.15) is 5.82 Å². The number of aromatic nitrogens is 1. The number of halogens is 2. The molecule has 0 saturated carbocycles. The Hall–Kier alpha value is -1.08. The minimum Gasteiger partial charge on any atom is -0.378 e. The minimum absolute atomic E-state index is 0. The van der Waals surface area contributed by atoms with E-state index in [-0.39, 0.29) is 30.7 Å². The summed E-state index contributed by atoms with van der Waals surface area (Å²) in [6.07, 6.45) is 4.86. The Balaban J connectivity index is 0.00000182. The molecule has 2 fully saturated rings. The maximum absolute atomic E-state index is 12.4. The number of hydrogen-bond acceptors (Lipinski definition) is 5. The second-order valence-electron chi connectivity index (χ2n) is 7.15. The van der Waals surface area contributed by atoms with E-state index >= 15 is 0 Å². The van der Waals surface area contributed by atoms with Crippen molar-refractivity contribution >= 4 is 36.5 Å². The SMILES string of the molecule is CC(CC(=O)NCc1cccnc1N1CCOCC1)C1CCCNC1.Cl.Cl. The first-order chi connectivity index (χ1) is 12.2. The second kappa shape index (κ2) is 12.4. The van der Waals surface area contributed by atoms with Crippen molar-refractivity contribution in [1.29, 1.82) is 0 Å². The van der Waals surface area contributed by atoms with Crippen LogP contribution in [0.3, 0.4) is 0 Å². The van der Waals surface area contributed by atoms with Crippen molar-refractivity contribution in [3.05, 3.63) is 23.9 Å². The second-order valence-corrected chi connectivity index (χ2v) is 7.15. The van der Waals surface area contributed by atoms with Crippen molar-refractivity contribution in [1.82, 2.24) is 15.6 Å². The van der Waals surface area contributed by atoms with Crippen LogP contribution >= 0.6 is 24.8 Å². The molecular weight excluding hydrogens is 387 g/mol. The van der Waals surface area contributed by atoms with Crippen LogP contribution in [0.15, 0.2) is 18.3 Å². The predicted molar refractivity (Wildman–Crippen MR) is 113 cm³/mol. The summed E-state index contributed by atoms with van der Waals surface area (Å²) in [5.74, 6) is 2.13. The normalized spacial score (nSPS) is 20.8. The summed E-state index contributed by atoms with van der Waals surface area (Å²) in [4.78, 5) is 19.1. The fraction of sp³-hybridized carbons (Fsp3) is 0.684. The van der Waals surface area contributed by atoms with Crippen molar-refractivity contribution in [2.75, 3.05) is 44.3 Å². The Bertz CT molecular complexity index is 564. The number of ether oxygens (including phenoxy) is 1. The molecule has 0 aliphatic carbocycles. The number of rotatable bonds is 6. The van der Waals surface area contributed by atoms with E-state index in [1.807, 2.05) is 18.3 Å². The number of hydrogen-bond donors (Lipinski definition) is 2. The summed E-state index contributed by atoms with van der Waals surface area (Å²) in [5, 5.41) is 6.53. The number of carbonyl (C=O) groups excluding carboxylic acids is 1. The van der Waals surface area contributed by atoms with Crippen LogP contribution in [0.5, 0.6) is 0 Å². The van der Waals surface area contributed by atoms with Crippen LogP contribution in [0.25, 0.3) is 0 Å². The lowest BCUT2D eigenvalue weighted by Crippen LogP contribution is -2.38. The zero-order chi connectivity index (χ0) is 17.5. The highest BCUT2D eigenvalue weighted by Crippen LogP contribution is 2.23. The van der Waals surface area contributed by atoms with Crippen LogP contribution in [0.1, 0.15) is 31.7 Å². The number of amides is 1. The van der Waals surface area contributed by atoms with E-state index in [1.165, 1.54) is 12.8 Å². The Morgan fingerprint density at radius 2 is 2.19 bits per heavy atom. The first-order valence-corrected chi connectivity index (χ1v) is 9.48. The first-order valence-electron chi connectivity index (χ1n) is 9.48. The third-order valence-electron chi connectivity index (χ3n) is 5.30. The van der Waals surface area contributed by atoms with Crippen LogP contribution in [-0.4, -0.2) is 50.3 Å². The van der Waals surface area contributed by atoms with Crippen LogP contribution in [0, 0.1) is 11.8 Å². The van der Waals surface area contributed by atoms with Gasteiger partial charge >= 0.3 is 0 Å². The topological polar surface area (TPSA) is 66.5 Å². The summed E-state index contributed by atoms with van der Waals surface area (Å²) in [5.41, 5.74) is 1.07. The van der Waals surface area contributed by atoms with Gasteiger partial charge < -0.3 is 20.3 Å². The Morgan fingerprint density at radius 3 is 2.89 bits per heavy atom. The van der Waals surface area contributed by atoms with E-state index in [2.05, 4.69) is 27.4 Å². The fourth-order valence-electron chi connectivity index (χ4n) is 3.72. The highest BCUT2D eigenvalue weighted by molar-refractivity contribution is 5.85. The highest BCUT2D eigenvalue weighted by atomic mass is 35.5. The molecule has 2 N–H and O–H groups in total. The van der Waals surface area contributed by atoms with E-state index in [9.17, 15) is 4.79 Å². The van der Waals surface area contributed by atoms with Gasteiger partial charge in [0.2, 0.25) is 5.91 Å². The van der Waals surface area contributed by atoms with Gasteiger partial charge in [0.05, 0.1) is 13.2 Å². The van der Waals surface area contributed by atoms with Crippen LogP contribution in [0.2, 0.25) is 0 Å². The molecule has 8 heteroatoms. The molecule has 154 valence electrons. The molecule has 2 atom stereocenters. The Kier molecular flexibility index (Phi) is 11.0. The smallest absolute Gasteiger partial charge is 0.220 e. The zero-order valence-corrected chi connectivity index (χ0v) is 17.6. The predicted octanol–water partition coefficient (Wildman–Crippen LogP) is 2.40. The summed E-state index contributed by atoms with van der Waals surface area (Å²) in [6.45, 7) is 8.05. The maximum Gasteiger partial charge on any atom is 0.220 e. The Labute approximate surface area is 174 Å². The van der Waals surface area contributed by atoms with Gasteiger partial charge in [0.15, 0.2) is 0 Å².